The summed E-state index contributed by atoms with van der Waals surface area (Å²) in [4.78, 5) is 24.7. The van der Waals surface area contributed by atoms with Crippen LogP contribution in [0, 0.1) is 0 Å². The minimum Gasteiger partial charge on any atom is -0.325 e. The number of carbonyl (C=O) groups is 1. The van der Waals surface area contributed by atoms with Gasteiger partial charge in [-0.1, -0.05) is 23.9 Å². The number of rotatable bonds is 5. The number of hydrogen-bond acceptors (Lipinski definition) is 6. The molecule has 0 atom stereocenters. The molecule has 2 aliphatic rings. The molecule has 7 heteroatoms. The first-order valence-electron chi connectivity index (χ1n) is 8.98. The lowest BCUT2D eigenvalue weighted by atomic mass is 10.1. The highest BCUT2D eigenvalue weighted by Gasteiger charge is 2.39. The van der Waals surface area contributed by atoms with Gasteiger partial charge in [0.25, 0.3) is 0 Å². The van der Waals surface area contributed by atoms with Crippen LogP contribution < -0.4 is 5.32 Å². The van der Waals surface area contributed by atoms with Crippen molar-refractivity contribution in [1.82, 2.24) is 0 Å². The lowest BCUT2D eigenvalue weighted by molar-refractivity contribution is -0.113. The summed E-state index contributed by atoms with van der Waals surface area (Å²) in [5.41, 5.74) is 1.53. The molecule has 1 fully saturated rings. The molecule has 0 saturated heterocycles. The van der Waals surface area contributed by atoms with Crippen LogP contribution in [0.15, 0.2) is 56.7 Å². The number of thioether (sulfide) groups is 2. The number of nitrogens with zero attached hydrogens (tertiary/aromatic N) is 2. The molecule has 1 N–H and O–H groups in total. The molecule has 1 amide bonds. The van der Waals surface area contributed by atoms with E-state index in [4.69, 9.17) is 9.98 Å². The van der Waals surface area contributed by atoms with Gasteiger partial charge in [0.2, 0.25) is 5.91 Å². The summed E-state index contributed by atoms with van der Waals surface area (Å²) < 4.78 is 0. The fourth-order valence-corrected chi connectivity index (χ4v) is 5.50. The van der Waals surface area contributed by atoms with Crippen molar-refractivity contribution in [2.75, 3.05) is 17.3 Å². The number of nitrogens with one attached hydrogen (secondary N) is 1. The first-order chi connectivity index (χ1) is 13.2. The maximum Gasteiger partial charge on any atom is 0.234 e. The summed E-state index contributed by atoms with van der Waals surface area (Å²) in [5.74, 6) is 0.321. The van der Waals surface area contributed by atoms with Crippen molar-refractivity contribution >= 4 is 57.2 Å². The van der Waals surface area contributed by atoms with Crippen molar-refractivity contribution in [3.05, 3.63) is 46.7 Å². The molecule has 1 aromatic carbocycles. The Labute approximate surface area is 172 Å². The monoisotopic (exact) mass is 415 g/mol. The van der Waals surface area contributed by atoms with Gasteiger partial charge >= 0.3 is 0 Å². The molecule has 0 radical (unpaired) electrons. The van der Waals surface area contributed by atoms with Crippen LogP contribution in [0.4, 0.5) is 5.69 Å². The van der Waals surface area contributed by atoms with Crippen LogP contribution in [0.2, 0.25) is 0 Å². The Balaban J connectivity index is 1.44. The van der Waals surface area contributed by atoms with E-state index in [0.717, 1.165) is 39.1 Å². The van der Waals surface area contributed by atoms with Crippen molar-refractivity contribution in [2.24, 2.45) is 9.98 Å². The third kappa shape index (κ3) is 4.31. The van der Waals surface area contributed by atoms with E-state index in [1.807, 2.05) is 36.6 Å². The number of thiophene rings is 1. The zero-order valence-electron chi connectivity index (χ0n) is 15.1. The zero-order chi connectivity index (χ0) is 18.7. The Bertz CT molecular complexity index is 884. The number of amides is 1. The minimum absolute atomic E-state index is 0.0149. The smallest absolute Gasteiger partial charge is 0.234 e. The van der Waals surface area contributed by atoms with Crippen LogP contribution in [-0.4, -0.2) is 34.3 Å². The first kappa shape index (κ1) is 18.8. The maximum atomic E-state index is 12.4. The Morgan fingerprint density at radius 2 is 2.07 bits per heavy atom. The lowest BCUT2D eigenvalue weighted by Gasteiger charge is -2.14. The number of carbonyl (C=O) groups excluding carboxylic acids is 1. The molecule has 27 heavy (non-hydrogen) atoms. The fraction of sp³-hybridized carbons (Fsp3) is 0.350. The lowest BCUT2D eigenvalue weighted by Crippen LogP contribution is -2.17. The van der Waals surface area contributed by atoms with Gasteiger partial charge in [0.05, 0.1) is 10.6 Å². The Hall–Kier alpha value is -1.57. The second-order valence-corrected chi connectivity index (χ2v) is 9.40. The van der Waals surface area contributed by atoms with E-state index in [2.05, 4.69) is 16.8 Å². The van der Waals surface area contributed by atoms with Gasteiger partial charge in [-0.3, -0.25) is 9.79 Å². The molecular formula is C20H21N3OS3. The molecule has 1 aromatic heterocycles. The van der Waals surface area contributed by atoms with Crippen LogP contribution in [0.3, 0.4) is 0 Å². The quantitative estimate of drug-likeness (QED) is 0.673. The molecule has 4 nitrogen and oxygen atoms in total. The molecule has 140 valence electrons. The summed E-state index contributed by atoms with van der Waals surface area (Å²) in [6.07, 6.45) is 6.41. The van der Waals surface area contributed by atoms with Crippen LogP contribution in [0.1, 0.15) is 30.6 Å². The van der Waals surface area contributed by atoms with Gasteiger partial charge in [0.15, 0.2) is 5.66 Å². The van der Waals surface area contributed by atoms with Crippen LogP contribution in [-0.2, 0) is 4.79 Å². The third-order valence-electron chi connectivity index (χ3n) is 4.68. The Kier molecular flexibility index (Phi) is 5.71. The molecular weight excluding hydrogens is 394 g/mol. The maximum absolute atomic E-state index is 12.4. The van der Waals surface area contributed by atoms with Crippen molar-refractivity contribution in [1.29, 1.82) is 0 Å². The van der Waals surface area contributed by atoms with Gasteiger partial charge in [0.1, 0.15) is 10.8 Å². The standard InChI is InChI=1S/C20H21N3OS3/c1-25-15-7-4-6-14(12-15)21-17(24)13-27-19-18(16-8-5-11-26-16)22-20(23-19)9-2-3-10-20/h4-8,11-12H,2-3,9-10,13H2,1H3,(H,21,24). The predicted molar refractivity (Wildman–Crippen MR) is 119 cm³/mol. The largest absolute Gasteiger partial charge is 0.325 e. The van der Waals surface area contributed by atoms with Gasteiger partial charge in [-0.25, -0.2) is 4.99 Å². The van der Waals surface area contributed by atoms with Crippen molar-refractivity contribution in [2.45, 2.75) is 36.2 Å². The van der Waals surface area contributed by atoms with Crippen molar-refractivity contribution in [3.63, 3.8) is 0 Å². The molecule has 2 heterocycles. The summed E-state index contributed by atoms with van der Waals surface area (Å²) in [6.45, 7) is 0. The summed E-state index contributed by atoms with van der Waals surface area (Å²) in [6, 6.07) is 12.0. The predicted octanol–water partition coefficient (Wildman–Crippen LogP) is 5.31. The Morgan fingerprint density at radius 3 is 2.81 bits per heavy atom. The van der Waals surface area contributed by atoms with E-state index in [1.54, 1.807) is 23.1 Å². The first-order valence-corrected chi connectivity index (χ1v) is 12.1. The van der Waals surface area contributed by atoms with E-state index >= 15 is 0 Å². The van der Waals surface area contributed by atoms with Gasteiger partial charge in [0, 0.05) is 10.6 Å². The number of benzene rings is 1. The van der Waals surface area contributed by atoms with Gasteiger partial charge in [-0.15, -0.1) is 23.1 Å². The van der Waals surface area contributed by atoms with Crippen molar-refractivity contribution in [3.8, 4) is 0 Å². The summed E-state index contributed by atoms with van der Waals surface area (Å²) >= 11 is 4.84. The fourth-order valence-electron chi connectivity index (χ4n) is 3.39. The number of anilines is 1. The molecule has 1 aliphatic heterocycles. The molecule has 1 saturated carbocycles. The highest BCUT2D eigenvalue weighted by molar-refractivity contribution is 8.16. The SMILES string of the molecule is CSc1cccc(NC(=O)CSC2=NC3(CCCC3)N=C2c2cccs2)c1. The molecule has 1 spiro atoms. The van der Waals surface area contributed by atoms with E-state index in [-0.39, 0.29) is 11.6 Å². The summed E-state index contributed by atoms with van der Waals surface area (Å²) in [7, 11) is 0. The molecule has 4 rings (SSSR count). The normalized spacial score (nSPS) is 17.8. The molecule has 0 unspecified atom stereocenters. The highest BCUT2D eigenvalue weighted by atomic mass is 32.2. The second-order valence-electron chi connectivity index (χ2n) is 6.61. The number of aliphatic imine (C=N–C) groups is 2. The van der Waals surface area contributed by atoms with Crippen LogP contribution in [0.25, 0.3) is 0 Å². The van der Waals surface area contributed by atoms with E-state index in [0.29, 0.717) is 5.75 Å². The van der Waals surface area contributed by atoms with E-state index in [1.165, 1.54) is 24.6 Å². The topological polar surface area (TPSA) is 53.8 Å². The summed E-state index contributed by atoms with van der Waals surface area (Å²) in [5, 5.41) is 5.96. The van der Waals surface area contributed by atoms with Crippen LogP contribution in [0.5, 0.6) is 0 Å². The van der Waals surface area contributed by atoms with Gasteiger partial charge in [-0.05, 0) is 61.6 Å². The highest BCUT2D eigenvalue weighted by Crippen LogP contribution is 2.40. The molecule has 0 bridgehead atoms. The van der Waals surface area contributed by atoms with Crippen molar-refractivity contribution < 1.29 is 4.79 Å². The van der Waals surface area contributed by atoms with E-state index < -0.39 is 0 Å². The van der Waals surface area contributed by atoms with Gasteiger partial charge in [-0.2, -0.15) is 0 Å². The van der Waals surface area contributed by atoms with Gasteiger partial charge < -0.3 is 5.32 Å². The average Bonchev–Trinajstić information content (AvgIpc) is 3.42. The Morgan fingerprint density at radius 1 is 1.22 bits per heavy atom. The molecule has 1 aliphatic carbocycles. The molecule has 2 aromatic rings. The van der Waals surface area contributed by atoms with E-state index in [9.17, 15) is 4.79 Å². The number of hydrogen-bond donors (Lipinski definition) is 1. The zero-order valence-corrected chi connectivity index (χ0v) is 17.6. The van der Waals surface area contributed by atoms with Crippen LogP contribution >= 0.6 is 34.9 Å². The average molecular weight is 416 g/mol. The third-order valence-corrected chi connectivity index (χ3v) is 7.25. The minimum atomic E-state index is -0.273. The second kappa shape index (κ2) is 8.20.